The highest BCUT2D eigenvalue weighted by Gasteiger charge is 2.16. The summed E-state index contributed by atoms with van der Waals surface area (Å²) in [5.41, 5.74) is 2.00. The summed E-state index contributed by atoms with van der Waals surface area (Å²) in [5.74, 6) is 0.770. The molecule has 1 atom stereocenters. The van der Waals surface area contributed by atoms with Gasteiger partial charge in [-0.05, 0) is 30.0 Å². The summed E-state index contributed by atoms with van der Waals surface area (Å²) in [6.07, 6.45) is 7.41. The Kier molecular flexibility index (Phi) is 7.32. The fraction of sp³-hybridized carbons (Fsp3) is 0.667. The minimum atomic E-state index is -0.660. The van der Waals surface area contributed by atoms with Gasteiger partial charge in [-0.2, -0.15) is 0 Å². The number of ether oxygens (including phenoxy) is 1. The van der Waals surface area contributed by atoms with Crippen molar-refractivity contribution in [2.45, 2.75) is 51.0 Å². The van der Waals surface area contributed by atoms with Gasteiger partial charge < -0.3 is 20.1 Å². The zero-order valence-corrected chi connectivity index (χ0v) is 15.7. The van der Waals surface area contributed by atoms with E-state index in [4.69, 9.17) is 4.74 Å². The molecule has 0 spiro atoms. The van der Waals surface area contributed by atoms with Crippen molar-refractivity contribution in [1.82, 2.24) is 5.32 Å². The van der Waals surface area contributed by atoms with Gasteiger partial charge in [0.05, 0.1) is 19.3 Å². The molecule has 1 aromatic rings. The number of morpholine rings is 1. The molecule has 5 heteroatoms. The smallest absolute Gasteiger partial charge is 0.220 e. The summed E-state index contributed by atoms with van der Waals surface area (Å²) in [4.78, 5) is 14.3. The summed E-state index contributed by atoms with van der Waals surface area (Å²) in [7, 11) is 0. The van der Waals surface area contributed by atoms with Crippen molar-refractivity contribution >= 4 is 11.6 Å². The Morgan fingerprint density at radius 2 is 1.85 bits per heavy atom. The quantitative estimate of drug-likeness (QED) is 0.785. The van der Waals surface area contributed by atoms with Crippen molar-refractivity contribution < 1.29 is 14.6 Å². The minimum Gasteiger partial charge on any atom is -0.387 e. The Hall–Kier alpha value is -1.59. The molecule has 1 saturated heterocycles. The van der Waals surface area contributed by atoms with Crippen LogP contribution in [0.5, 0.6) is 0 Å². The van der Waals surface area contributed by atoms with Crippen molar-refractivity contribution in [3.8, 4) is 0 Å². The third-order valence-electron chi connectivity index (χ3n) is 5.65. The van der Waals surface area contributed by atoms with Crippen molar-refractivity contribution in [1.29, 1.82) is 0 Å². The monoisotopic (exact) mass is 360 g/mol. The first kappa shape index (κ1) is 19.2. The maximum Gasteiger partial charge on any atom is 0.220 e. The summed E-state index contributed by atoms with van der Waals surface area (Å²) >= 11 is 0. The van der Waals surface area contributed by atoms with Gasteiger partial charge in [-0.25, -0.2) is 0 Å². The Morgan fingerprint density at radius 1 is 1.15 bits per heavy atom. The maximum absolute atomic E-state index is 12.0. The Balaban J connectivity index is 1.39. The molecule has 26 heavy (non-hydrogen) atoms. The highest BCUT2D eigenvalue weighted by molar-refractivity contribution is 5.75. The van der Waals surface area contributed by atoms with E-state index in [2.05, 4.69) is 10.2 Å². The highest BCUT2D eigenvalue weighted by atomic mass is 16.5. The number of rotatable bonds is 7. The van der Waals surface area contributed by atoms with Gasteiger partial charge in [0.25, 0.3) is 0 Å². The molecule has 144 valence electrons. The molecule has 1 amide bonds. The Morgan fingerprint density at radius 3 is 2.54 bits per heavy atom. The average molecular weight is 360 g/mol. The second-order valence-electron chi connectivity index (χ2n) is 7.55. The van der Waals surface area contributed by atoms with E-state index in [1.165, 1.54) is 32.1 Å². The first-order chi connectivity index (χ1) is 12.7. The first-order valence-electron chi connectivity index (χ1n) is 10.1. The lowest BCUT2D eigenvalue weighted by Gasteiger charge is -2.29. The highest BCUT2D eigenvalue weighted by Crippen LogP contribution is 2.27. The van der Waals surface area contributed by atoms with Gasteiger partial charge in [-0.1, -0.05) is 44.2 Å². The third kappa shape index (κ3) is 5.71. The van der Waals surface area contributed by atoms with Crippen LogP contribution in [-0.2, 0) is 9.53 Å². The molecule has 0 aromatic heterocycles. The van der Waals surface area contributed by atoms with Crippen LogP contribution in [0.25, 0.3) is 0 Å². The molecule has 1 saturated carbocycles. The van der Waals surface area contributed by atoms with Crippen molar-refractivity contribution in [2.24, 2.45) is 5.92 Å². The summed E-state index contributed by atoms with van der Waals surface area (Å²) in [6, 6.07) is 7.97. The largest absolute Gasteiger partial charge is 0.387 e. The van der Waals surface area contributed by atoms with Gasteiger partial charge in [0.1, 0.15) is 0 Å². The molecular weight excluding hydrogens is 328 g/mol. The minimum absolute atomic E-state index is 0.0551. The SMILES string of the molecule is O=C(CCC1CCCCC1)NCC(O)c1ccc(N2CCOCC2)cc1. The normalized spacial score (nSPS) is 20.0. The van der Waals surface area contributed by atoms with E-state index in [9.17, 15) is 9.90 Å². The number of hydrogen-bond acceptors (Lipinski definition) is 4. The van der Waals surface area contributed by atoms with Crippen LogP contribution in [0.3, 0.4) is 0 Å². The van der Waals surface area contributed by atoms with Crippen LogP contribution < -0.4 is 10.2 Å². The fourth-order valence-corrected chi connectivity index (χ4v) is 3.96. The van der Waals surface area contributed by atoms with E-state index < -0.39 is 6.10 Å². The van der Waals surface area contributed by atoms with Crippen LogP contribution in [0, 0.1) is 5.92 Å². The second kappa shape index (κ2) is 9.93. The molecule has 5 nitrogen and oxygen atoms in total. The zero-order valence-electron chi connectivity index (χ0n) is 15.7. The van der Waals surface area contributed by atoms with Gasteiger partial charge >= 0.3 is 0 Å². The molecule has 1 aromatic carbocycles. The molecule has 1 aliphatic carbocycles. The van der Waals surface area contributed by atoms with E-state index in [0.717, 1.165) is 44.0 Å². The molecule has 0 radical (unpaired) electrons. The van der Waals surface area contributed by atoms with Crippen LogP contribution in [0.4, 0.5) is 5.69 Å². The molecular formula is C21H32N2O3. The van der Waals surface area contributed by atoms with Crippen molar-refractivity contribution in [3.05, 3.63) is 29.8 Å². The molecule has 2 aliphatic rings. The Labute approximate surface area is 156 Å². The van der Waals surface area contributed by atoms with Crippen LogP contribution in [0.15, 0.2) is 24.3 Å². The van der Waals surface area contributed by atoms with E-state index in [1.807, 2.05) is 24.3 Å². The van der Waals surface area contributed by atoms with Gasteiger partial charge in [-0.15, -0.1) is 0 Å². The van der Waals surface area contributed by atoms with Crippen LogP contribution in [0.1, 0.15) is 56.6 Å². The number of aliphatic hydroxyl groups excluding tert-OH is 1. The zero-order chi connectivity index (χ0) is 18.2. The lowest BCUT2D eigenvalue weighted by Crippen LogP contribution is -2.36. The van der Waals surface area contributed by atoms with Gasteiger partial charge in [0.15, 0.2) is 0 Å². The van der Waals surface area contributed by atoms with E-state index in [1.54, 1.807) is 0 Å². The van der Waals surface area contributed by atoms with E-state index >= 15 is 0 Å². The third-order valence-corrected chi connectivity index (χ3v) is 5.65. The predicted molar refractivity (Wildman–Crippen MR) is 103 cm³/mol. The lowest BCUT2D eigenvalue weighted by atomic mass is 9.86. The standard InChI is InChI=1S/C21H32N2O3/c24-20(16-22-21(25)11-6-17-4-2-1-3-5-17)18-7-9-19(10-8-18)23-12-14-26-15-13-23/h7-10,17,20,24H,1-6,11-16H2,(H,22,25). The number of hydrogen-bond donors (Lipinski definition) is 2. The van der Waals surface area contributed by atoms with E-state index in [0.29, 0.717) is 12.3 Å². The van der Waals surface area contributed by atoms with Gasteiger partial charge in [-0.3, -0.25) is 4.79 Å². The first-order valence-corrected chi connectivity index (χ1v) is 10.1. The van der Waals surface area contributed by atoms with Crippen molar-refractivity contribution in [3.63, 3.8) is 0 Å². The number of aliphatic hydroxyl groups is 1. The second-order valence-corrected chi connectivity index (χ2v) is 7.55. The molecule has 1 aliphatic heterocycles. The summed E-state index contributed by atoms with van der Waals surface area (Å²) in [6.45, 7) is 3.60. The number of anilines is 1. The topological polar surface area (TPSA) is 61.8 Å². The summed E-state index contributed by atoms with van der Waals surface area (Å²) < 4.78 is 5.37. The Bertz CT molecular complexity index is 549. The van der Waals surface area contributed by atoms with Crippen LogP contribution >= 0.6 is 0 Å². The number of nitrogens with one attached hydrogen (secondary N) is 1. The van der Waals surface area contributed by atoms with Crippen LogP contribution in [-0.4, -0.2) is 43.9 Å². The number of nitrogens with zero attached hydrogens (tertiary/aromatic N) is 1. The summed E-state index contributed by atoms with van der Waals surface area (Å²) in [5, 5.41) is 13.2. The fourth-order valence-electron chi connectivity index (χ4n) is 3.96. The average Bonchev–Trinajstić information content (AvgIpc) is 2.72. The number of carbonyl (C=O) groups is 1. The molecule has 2 N–H and O–H groups in total. The molecule has 3 rings (SSSR count). The van der Waals surface area contributed by atoms with Crippen molar-refractivity contribution in [2.75, 3.05) is 37.7 Å². The molecule has 2 fully saturated rings. The molecule has 1 heterocycles. The maximum atomic E-state index is 12.0. The van der Waals surface area contributed by atoms with Crippen LogP contribution in [0.2, 0.25) is 0 Å². The van der Waals surface area contributed by atoms with Gasteiger partial charge in [0.2, 0.25) is 5.91 Å². The van der Waals surface area contributed by atoms with Gasteiger partial charge in [0, 0.05) is 31.7 Å². The number of benzene rings is 1. The number of carbonyl (C=O) groups excluding carboxylic acids is 1. The predicted octanol–water partition coefficient (Wildman–Crippen LogP) is 3.03. The van der Waals surface area contributed by atoms with E-state index in [-0.39, 0.29) is 12.5 Å². The number of amides is 1. The lowest BCUT2D eigenvalue weighted by molar-refractivity contribution is -0.121. The molecule has 1 unspecified atom stereocenters. The molecule has 0 bridgehead atoms.